The molecule has 2 aliphatic heterocycles. The Morgan fingerprint density at radius 3 is 2.47 bits per heavy atom. The Hall–Kier alpha value is -1.61. The van der Waals surface area contributed by atoms with Crippen molar-refractivity contribution in [2.75, 3.05) is 0 Å². The molecule has 8 heteroatoms. The average molecular weight is 538 g/mol. The smallest absolute Gasteiger partial charge is 0.309 e. The van der Waals surface area contributed by atoms with Gasteiger partial charge in [0, 0.05) is 17.8 Å². The molecule has 3 aliphatic rings. The first-order valence-corrected chi connectivity index (χ1v) is 14.3. The summed E-state index contributed by atoms with van der Waals surface area (Å²) >= 11 is 0. The highest BCUT2D eigenvalue weighted by atomic mass is 16.6. The first kappa shape index (κ1) is 30.9. The van der Waals surface area contributed by atoms with Crippen LogP contribution in [0.4, 0.5) is 0 Å². The van der Waals surface area contributed by atoms with Crippen molar-refractivity contribution in [1.29, 1.82) is 0 Å². The Kier molecular flexibility index (Phi) is 9.66. The fraction of sp³-hybridized carbons (Fsp3) is 0.833. The van der Waals surface area contributed by atoms with E-state index in [0.717, 1.165) is 24.8 Å². The van der Waals surface area contributed by atoms with Crippen LogP contribution in [0.1, 0.15) is 87.5 Å². The van der Waals surface area contributed by atoms with Gasteiger partial charge in [0.15, 0.2) is 0 Å². The van der Waals surface area contributed by atoms with E-state index >= 15 is 0 Å². The fourth-order valence-corrected chi connectivity index (χ4v) is 6.06. The van der Waals surface area contributed by atoms with Crippen LogP contribution in [0.3, 0.4) is 0 Å². The van der Waals surface area contributed by atoms with Crippen molar-refractivity contribution in [3.05, 3.63) is 23.6 Å². The second-order valence-corrected chi connectivity index (χ2v) is 13.1. The Bertz CT molecular complexity index is 901. The molecular weight excluding hydrogens is 486 g/mol. The Labute approximate surface area is 228 Å². The number of esters is 1. The van der Waals surface area contributed by atoms with Crippen molar-refractivity contribution in [3.8, 4) is 0 Å². The molecule has 0 spiro atoms. The number of carbonyl (C=O) groups excluding carboxylic acids is 1. The molecule has 3 fully saturated rings. The minimum atomic E-state index is -1.15. The molecule has 0 aromatic heterocycles. The lowest BCUT2D eigenvalue weighted by Gasteiger charge is -2.40. The second kappa shape index (κ2) is 11.9. The molecule has 1 saturated carbocycles. The Morgan fingerprint density at radius 2 is 1.84 bits per heavy atom. The van der Waals surface area contributed by atoms with E-state index in [1.807, 2.05) is 34.6 Å². The number of ether oxygens (including phenoxy) is 3. The van der Waals surface area contributed by atoms with Crippen molar-refractivity contribution < 1.29 is 34.3 Å². The normalized spacial score (nSPS) is 43.3. The van der Waals surface area contributed by atoms with Gasteiger partial charge in [-0.1, -0.05) is 34.6 Å². The van der Waals surface area contributed by atoms with Crippen LogP contribution in [0.2, 0.25) is 0 Å². The molecule has 2 heterocycles. The third-order valence-electron chi connectivity index (χ3n) is 9.53. The van der Waals surface area contributed by atoms with E-state index in [4.69, 9.17) is 19.9 Å². The van der Waals surface area contributed by atoms with Crippen LogP contribution < -0.4 is 5.73 Å². The predicted molar refractivity (Wildman–Crippen MR) is 146 cm³/mol. The van der Waals surface area contributed by atoms with Crippen LogP contribution in [0.25, 0.3) is 0 Å². The molecule has 0 amide bonds. The predicted octanol–water partition coefficient (Wildman–Crippen LogP) is 3.82. The molecule has 11 atom stereocenters. The van der Waals surface area contributed by atoms with Gasteiger partial charge in [-0.25, -0.2) is 0 Å². The molecule has 5 N–H and O–H groups in total. The van der Waals surface area contributed by atoms with E-state index in [0.29, 0.717) is 24.0 Å². The maximum absolute atomic E-state index is 13.0. The van der Waals surface area contributed by atoms with Crippen LogP contribution in [0, 0.1) is 29.1 Å². The molecule has 0 bridgehead atoms. The van der Waals surface area contributed by atoms with E-state index < -0.39 is 41.7 Å². The molecular formula is C30H51NO7. The molecule has 38 heavy (non-hydrogen) atoms. The van der Waals surface area contributed by atoms with Gasteiger partial charge in [-0.2, -0.15) is 0 Å². The third-order valence-corrected chi connectivity index (χ3v) is 9.53. The van der Waals surface area contributed by atoms with Crippen LogP contribution in [0.15, 0.2) is 23.6 Å². The highest BCUT2D eigenvalue weighted by Crippen LogP contribution is 2.56. The summed E-state index contributed by atoms with van der Waals surface area (Å²) in [5, 5.41) is 33.3. The monoisotopic (exact) mass is 537 g/mol. The van der Waals surface area contributed by atoms with Crippen molar-refractivity contribution >= 4 is 5.97 Å². The van der Waals surface area contributed by atoms with Gasteiger partial charge in [0.1, 0.15) is 12.4 Å². The van der Waals surface area contributed by atoms with Crippen LogP contribution in [-0.2, 0) is 19.0 Å². The highest BCUT2D eigenvalue weighted by molar-refractivity contribution is 5.70. The van der Waals surface area contributed by atoms with E-state index in [9.17, 15) is 20.1 Å². The summed E-state index contributed by atoms with van der Waals surface area (Å²) in [6.45, 7) is 15.3. The van der Waals surface area contributed by atoms with Crippen molar-refractivity contribution in [2.45, 2.75) is 130 Å². The molecule has 0 aromatic carbocycles. The Balaban J connectivity index is 1.85. The second-order valence-electron chi connectivity index (χ2n) is 13.1. The minimum absolute atomic E-state index is 0.0154. The summed E-state index contributed by atoms with van der Waals surface area (Å²) in [5.41, 5.74) is 6.02. The maximum Gasteiger partial charge on any atom is 0.309 e. The molecule has 218 valence electrons. The quantitative estimate of drug-likeness (QED) is 0.180. The number of hydrogen-bond donors (Lipinski definition) is 4. The molecule has 3 rings (SSSR count). The van der Waals surface area contributed by atoms with E-state index in [-0.39, 0.29) is 30.1 Å². The van der Waals surface area contributed by atoms with E-state index in [1.165, 1.54) is 6.26 Å². The zero-order valence-electron chi connectivity index (χ0n) is 24.5. The molecule has 1 aliphatic carbocycles. The summed E-state index contributed by atoms with van der Waals surface area (Å²) < 4.78 is 17.7. The largest absolute Gasteiger partial charge is 0.496 e. The van der Waals surface area contributed by atoms with Gasteiger partial charge in [0.2, 0.25) is 0 Å². The number of aliphatic hydroxyl groups excluding tert-OH is 3. The lowest BCUT2D eigenvalue weighted by molar-refractivity contribution is -0.156. The van der Waals surface area contributed by atoms with Crippen LogP contribution in [-0.4, -0.2) is 63.5 Å². The summed E-state index contributed by atoms with van der Waals surface area (Å²) in [7, 11) is 0. The lowest BCUT2D eigenvalue weighted by atomic mass is 9.71. The van der Waals surface area contributed by atoms with E-state index in [2.05, 4.69) is 6.92 Å². The zero-order valence-corrected chi connectivity index (χ0v) is 24.5. The standard InChI is InChI=1S/C30H51NO7/c1-9-17(3)36-15-21(31)10-16(2)23-12-25-30(8,38-25)14-20-11-22(20)18(4)27(34)19(5)28(35)29(6,7)24(32)13-26(33)37-23/h10,15,17-20,22-25,27-28,32,34-35H,9,11-14,31H2,1-8H3/b16-10+,21-15-/t17?,18-,19+,20?,22?,23-,24-,25?,27-,28?,30?/m0/s1. The Morgan fingerprint density at radius 1 is 1.18 bits per heavy atom. The molecule has 0 radical (unpaired) electrons. The number of carbonyl (C=O) groups is 1. The number of nitrogens with two attached hydrogens (primary N) is 1. The zero-order chi connectivity index (χ0) is 28.6. The van der Waals surface area contributed by atoms with Gasteiger partial charge in [0.25, 0.3) is 0 Å². The number of epoxide rings is 1. The highest BCUT2D eigenvalue weighted by Gasteiger charge is 2.58. The summed E-state index contributed by atoms with van der Waals surface area (Å²) in [6.07, 6.45) is 2.77. The molecule has 2 saturated heterocycles. The molecule has 6 unspecified atom stereocenters. The summed E-state index contributed by atoms with van der Waals surface area (Å²) in [5.74, 6) is -0.202. The molecule has 0 aromatic rings. The maximum atomic E-state index is 13.0. The summed E-state index contributed by atoms with van der Waals surface area (Å²) in [4.78, 5) is 13.0. The van der Waals surface area contributed by atoms with Gasteiger partial charge in [-0.05, 0) is 69.4 Å². The first-order chi connectivity index (χ1) is 17.6. The van der Waals surface area contributed by atoms with Gasteiger partial charge in [0.05, 0.1) is 48.2 Å². The lowest BCUT2D eigenvalue weighted by Crippen LogP contribution is -2.49. The van der Waals surface area contributed by atoms with Crippen LogP contribution >= 0.6 is 0 Å². The van der Waals surface area contributed by atoms with Crippen molar-refractivity contribution in [1.82, 2.24) is 0 Å². The van der Waals surface area contributed by atoms with Gasteiger partial charge < -0.3 is 35.3 Å². The van der Waals surface area contributed by atoms with Gasteiger partial charge in [-0.3, -0.25) is 4.79 Å². The third kappa shape index (κ3) is 7.12. The van der Waals surface area contributed by atoms with E-state index in [1.54, 1.807) is 19.9 Å². The topological polar surface area (TPSA) is 135 Å². The fourth-order valence-electron chi connectivity index (χ4n) is 6.06. The number of cyclic esters (lactones) is 1. The number of fused-ring (bicyclic) bond motifs is 2. The van der Waals surface area contributed by atoms with Crippen molar-refractivity contribution in [3.63, 3.8) is 0 Å². The number of hydrogen-bond acceptors (Lipinski definition) is 8. The van der Waals surface area contributed by atoms with Gasteiger partial charge >= 0.3 is 5.97 Å². The first-order valence-electron chi connectivity index (χ1n) is 14.3. The minimum Gasteiger partial charge on any atom is -0.496 e. The number of rotatable bonds is 5. The van der Waals surface area contributed by atoms with Crippen molar-refractivity contribution in [2.24, 2.45) is 34.8 Å². The summed E-state index contributed by atoms with van der Waals surface area (Å²) in [6, 6.07) is 0. The van der Waals surface area contributed by atoms with Crippen LogP contribution in [0.5, 0.6) is 0 Å². The van der Waals surface area contributed by atoms with Gasteiger partial charge in [-0.15, -0.1) is 0 Å². The average Bonchev–Trinajstić information content (AvgIpc) is 3.75. The number of allylic oxidation sites excluding steroid dienone is 1. The number of aliphatic hydroxyl groups is 3. The molecule has 8 nitrogen and oxygen atoms in total. The SMILES string of the molecule is CCC(C)O/C=C(N)/C=C(\C)[C@@H]1CC2OC2(C)CC2CC2[C@H](C)[C@H](O)[C@@H](C)C(O)C(C)(C)[C@@H](O)CC(=O)O1.